The number of amides is 1. The van der Waals surface area contributed by atoms with E-state index in [4.69, 9.17) is 9.47 Å². The van der Waals surface area contributed by atoms with Gasteiger partial charge < -0.3 is 19.7 Å². The predicted octanol–water partition coefficient (Wildman–Crippen LogP) is 3.61. The molecular formula is C21H25N3O5. The summed E-state index contributed by atoms with van der Waals surface area (Å²) in [5, 5.41) is 13.9. The van der Waals surface area contributed by atoms with Crippen LogP contribution in [0.3, 0.4) is 0 Å². The maximum absolute atomic E-state index is 12.6. The summed E-state index contributed by atoms with van der Waals surface area (Å²) < 4.78 is 11.3. The molecule has 0 atom stereocenters. The molecule has 0 aliphatic carbocycles. The first kappa shape index (κ1) is 20.4. The maximum atomic E-state index is 12.6. The molecule has 3 rings (SSSR count). The number of carbonyl (C=O) groups is 1. The van der Waals surface area contributed by atoms with Gasteiger partial charge in [0.1, 0.15) is 13.2 Å². The first-order valence-electron chi connectivity index (χ1n) is 9.72. The number of hydrogen-bond acceptors (Lipinski definition) is 6. The van der Waals surface area contributed by atoms with Gasteiger partial charge in [0.05, 0.1) is 4.92 Å². The van der Waals surface area contributed by atoms with Crippen LogP contribution in [-0.4, -0.2) is 42.0 Å². The molecule has 0 bridgehead atoms. The lowest BCUT2D eigenvalue weighted by atomic mass is 10.1. The summed E-state index contributed by atoms with van der Waals surface area (Å²) in [6.07, 6.45) is 1.08. The van der Waals surface area contributed by atoms with Gasteiger partial charge >= 0.3 is 0 Å². The fourth-order valence-corrected chi connectivity index (χ4v) is 3.17. The minimum Gasteiger partial charge on any atom is -0.486 e. The number of hydrogen-bond donors (Lipinski definition) is 1. The summed E-state index contributed by atoms with van der Waals surface area (Å²) >= 11 is 0. The number of nitrogens with one attached hydrogen (secondary N) is 1. The molecule has 0 saturated heterocycles. The number of ether oxygens (including phenoxy) is 2. The van der Waals surface area contributed by atoms with Gasteiger partial charge in [-0.3, -0.25) is 14.9 Å². The zero-order valence-corrected chi connectivity index (χ0v) is 16.4. The number of non-ortho nitro benzene ring substituents is 1. The minimum absolute atomic E-state index is 0.0572. The Labute approximate surface area is 169 Å². The van der Waals surface area contributed by atoms with Crippen LogP contribution in [0.25, 0.3) is 0 Å². The Kier molecular flexibility index (Phi) is 6.89. The molecule has 8 nitrogen and oxygen atoms in total. The topological polar surface area (TPSA) is 93.9 Å². The summed E-state index contributed by atoms with van der Waals surface area (Å²) in [6, 6.07) is 12.0. The fourth-order valence-electron chi connectivity index (χ4n) is 3.17. The van der Waals surface area contributed by atoms with Crippen molar-refractivity contribution in [3.05, 3.63) is 58.1 Å². The number of nitro groups is 1. The SMILES string of the molecule is CCN(Cc1cccc2c1OCCO2)C(=O)CCCNc1ccc([N+](=O)[O-])cc1. The fraction of sp³-hybridized carbons (Fsp3) is 0.381. The highest BCUT2D eigenvalue weighted by Gasteiger charge is 2.19. The number of carbonyl (C=O) groups excluding carboxylic acids is 1. The van der Waals surface area contributed by atoms with Crippen molar-refractivity contribution in [3.63, 3.8) is 0 Å². The van der Waals surface area contributed by atoms with Gasteiger partial charge in [-0.25, -0.2) is 0 Å². The Morgan fingerprint density at radius 2 is 1.93 bits per heavy atom. The van der Waals surface area contributed by atoms with Crippen molar-refractivity contribution in [2.24, 2.45) is 0 Å². The van der Waals surface area contributed by atoms with Gasteiger partial charge in [0, 0.05) is 49.4 Å². The van der Waals surface area contributed by atoms with Gasteiger partial charge in [0.25, 0.3) is 5.69 Å². The van der Waals surface area contributed by atoms with Gasteiger partial charge in [0.15, 0.2) is 11.5 Å². The molecule has 1 aliphatic rings. The van der Waals surface area contributed by atoms with E-state index in [1.807, 2.05) is 25.1 Å². The van der Waals surface area contributed by atoms with Crippen LogP contribution in [0.5, 0.6) is 11.5 Å². The average Bonchev–Trinajstić information content (AvgIpc) is 2.75. The molecule has 1 aliphatic heterocycles. The van der Waals surface area contributed by atoms with Crippen molar-refractivity contribution < 1.29 is 19.2 Å². The molecule has 2 aromatic rings. The van der Waals surface area contributed by atoms with Crippen molar-refractivity contribution in [3.8, 4) is 11.5 Å². The molecule has 8 heteroatoms. The second-order valence-electron chi connectivity index (χ2n) is 6.68. The van der Waals surface area contributed by atoms with Crippen molar-refractivity contribution >= 4 is 17.3 Å². The van der Waals surface area contributed by atoms with Gasteiger partial charge in [-0.15, -0.1) is 0 Å². The largest absolute Gasteiger partial charge is 0.486 e. The summed E-state index contributed by atoms with van der Waals surface area (Å²) in [6.45, 7) is 4.71. The van der Waals surface area contributed by atoms with E-state index >= 15 is 0 Å². The predicted molar refractivity (Wildman–Crippen MR) is 109 cm³/mol. The molecule has 1 heterocycles. The van der Waals surface area contributed by atoms with Crippen LogP contribution < -0.4 is 14.8 Å². The third-order valence-corrected chi connectivity index (χ3v) is 4.72. The molecule has 1 N–H and O–H groups in total. The number of nitro benzene ring substituents is 1. The first-order valence-corrected chi connectivity index (χ1v) is 9.72. The molecule has 0 saturated carbocycles. The Bertz CT molecular complexity index is 854. The van der Waals surface area contributed by atoms with E-state index in [1.54, 1.807) is 17.0 Å². The molecule has 29 heavy (non-hydrogen) atoms. The highest BCUT2D eigenvalue weighted by Crippen LogP contribution is 2.34. The Hall–Kier alpha value is -3.29. The number of fused-ring (bicyclic) bond motifs is 1. The van der Waals surface area contributed by atoms with Gasteiger partial charge in [-0.1, -0.05) is 12.1 Å². The third kappa shape index (κ3) is 5.37. The van der Waals surface area contributed by atoms with Crippen molar-refractivity contribution in [2.75, 3.05) is 31.6 Å². The normalized spacial score (nSPS) is 12.3. The Morgan fingerprint density at radius 3 is 2.66 bits per heavy atom. The molecule has 1 amide bonds. The van der Waals surface area contributed by atoms with E-state index in [1.165, 1.54) is 12.1 Å². The number of nitrogens with zero attached hydrogens (tertiary/aromatic N) is 2. The molecule has 154 valence electrons. The van der Waals surface area contributed by atoms with Crippen LogP contribution in [0, 0.1) is 10.1 Å². The second-order valence-corrected chi connectivity index (χ2v) is 6.68. The first-order chi connectivity index (χ1) is 14.1. The van der Waals surface area contributed by atoms with E-state index < -0.39 is 4.92 Å². The van der Waals surface area contributed by atoms with Crippen molar-refractivity contribution in [2.45, 2.75) is 26.3 Å². The van der Waals surface area contributed by atoms with E-state index in [-0.39, 0.29) is 11.6 Å². The zero-order chi connectivity index (χ0) is 20.6. The molecule has 0 radical (unpaired) electrons. The number of para-hydroxylation sites is 1. The highest BCUT2D eigenvalue weighted by atomic mass is 16.6. The quantitative estimate of drug-likeness (QED) is 0.393. The Morgan fingerprint density at radius 1 is 1.17 bits per heavy atom. The molecule has 2 aromatic carbocycles. The summed E-state index contributed by atoms with van der Waals surface area (Å²) in [5.41, 5.74) is 1.80. The molecule has 0 aromatic heterocycles. The number of anilines is 1. The van der Waals surface area contributed by atoms with Crippen molar-refractivity contribution in [1.29, 1.82) is 0 Å². The smallest absolute Gasteiger partial charge is 0.269 e. The zero-order valence-electron chi connectivity index (χ0n) is 16.4. The number of rotatable bonds is 9. The summed E-state index contributed by atoms with van der Waals surface area (Å²) in [5.74, 6) is 1.53. The Balaban J connectivity index is 1.48. The molecule has 0 spiro atoms. The van der Waals surface area contributed by atoms with E-state index in [0.29, 0.717) is 45.7 Å². The van der Waals surface area contributed by atoms with Crippen LogP contribution in [0.15, 0.2) is 42.5 Å². The standard InChI is InChI=1S/C21H25N3O5/c1-2-23(15-16-5-3-6-19-21(16)29-14-13-28-19)20(25)7-4-12-22-17-8-10-18(11-9-17)24(26)27/h3,5-6,8-11,22H,2,4,7,12-15H2,1H3. The van der Waals surface area contributed by atoms with Crippen LogP contribution in [0.1, 0.15) is 25.3 Å². The van der Waals surface area contributed by atoms with Crippen LogP contribution >= 0.6 is 0 Å². The highest BCUT2D eigenvalue weighted by molar-refractivity contribution is 5.76. The lowest BCUT2D eigenvalue weighted by molar-refractivity contribution is -0.384. The van der Waals surface area contributed by atoms with E-state index in [9.17, 15) is 14.9 Å². The lowest BCUT2D eigenvalue weighted by Crippen LogP contribution is -2.31. The third-order valence-electron chi connectivity index (χ3n) is 4.72. The maximum Gasteiger partial charge on any atom is 0.269 e. The molecule has 0 fully saturated rings. The molecular weight excluding hydrogens is 374 g/mol. The number of benzene rings is 2. The minimum atomic E-state index is -0.428. The summed E-state index contributed by atoms with van der Waals surface area (Å²) in [4.78, 5) is 24.7. The van der Waals surface area contributed by atoms with Crippen LogP contribution in [0.4, 0.5) is 11.4 Å². The van der Waals surface area contributed by atoms with Gasteiger partial charge in [-0.05, 0) is 31.5 Å². The van der Waals surface area contributed by atoms with E-state index in [2.05, 4.69) is 5.32 Å². The average molecular weight is 399 g/mol. The van der Waals surface area contributed by atoms with Crippen molar-refractivity contribution in [1.82, 2.24) is 4.90 Å². The summed E-state index contributed by atoms with van der Waals surface area (Å²) in [7, 11) is 0. The second kappa shape index (κ2) is 9.77. The van der Waals surface area contributed by atoms with Gasteiger partial charge in [-0.2, -0.15) is 0 Å². The molecule has 0 unspecified atom stereocenters. The van der Waals surface area contributed by atoms with E-state index in [0.717, 1.165) is 22.7 Å². The van der Waals surface area contributed by atoms with Gasteiger partial charge in [0.2, 0.25) is 5.91 Å². The monoisotopic (exact) mass is 399 g/mol. The van der Waals surface area contributed by atoms with Crippen LogP contribution in [-0.2, 0) is 11.3 Å². The lowest BCUT2D eigenvalue weighted by Gasteiger charge is -2.25. The van der Waals surface area contributed by atoms with Crippen LogP contribution in [0.2, 0.25) is 0 Å².